The number of carbonyl (C=O) groups is 1. The van der Waals surface area contributed by atoms with Crippen molar-refractivity contribution < 1.29 is 39.5 Å². The first-order chi connectivity index (χ1) is 6.70. The van der Waals surface area contributed by atoms with Crippen LogP contribution in [0.25, 0.3) is 10.8 Å². The van der Waals surface area contributed by atoms with Gasteiger partial charge in [0.15, 0.2) is 0 Å². The Morgan fingerprint density at radius 1 is 1.13 bits per heavy atom. The maximum atomic E-state index is 10.9. The molecule has 15 heavy (non-hydrogen) atoms. The molecule has 2 nitrogen and oxygen atoms in total. The zero-order chi connectivity index (χ0) is 10.1. The van der Waals surface area contributed by atoms with Gasteiger partial charge in [0.2, 0.25) is 0 Å². The first-order valence-electron chi connectivity index (χ1n) is 4.40. The Hall–Kier alpha value is -0.830. The summed E-state index contributed by atoms with van der Waals surface area (Å²) in [7, 11) is 0. The van der Waals surface area contributed by atoms with E-state index in [0.717, 1.165) is 16.3 Å². The van der Waals surface area contributed by atoms with Crippen LogP contribution in [0.1, 0.15) is 15.9 Å². The predicted molar refractivity (Wildman–Crippen MR) is 53.0 cm³/mol. The van der Waals surface area contributed by atoms with Gasteiger partial charge in [-0.25, -0.2) is 0 Å². The summed E-state index contributed by atoms with van der Waals surface area (Å²) in [5.41, 5.74) is 1.03. The number of rotatable bonds is 1. The Morgan fingerprint density at radius 2 is 1.80 bits per heavy atom. The van der Waals surface area contributed by atoms with Crippen LogP contribution >= 0.6 is 0 Å². The molecular formula is C12H9NaO2. The summed E-state index contributed by atoms with van der Waals surface area (Å²) in [5.74, 6) is -1.11. The molecule has 3 heteroatoms. The molecule has 0 radical (unpaired) electrons. The molecule has 2 aromatic carbocycles. The van der Waals surface area contributed by atoms with Crippen molar-refractivity contribution in [2.45, 2.75) is 6.92 Å². The summed E-state index contributed by atoms with van der Waals surface area (Å²) >= 11 is 0. The van der Waals surface area contributed by atoms with Crippen LogP contribution in [0.2, 0.25) is 0 Å². The fourth-order valence-electron chi connectivity index (χ4n) is 1.65. The Balaban J connectivity index is 0.00000112. The smallest absolute Gasteiger partial charge is 0.545 e. The van der Waals surface area contributed by atoms with Gasteiger partial charge in [0.1, 0.15) is 0 Å². The van der Waals surface area contributed by atoms with Crippen molar-refractivity contribution in [1.82, 2.24) is 0 Å². The van der Waals surface area contributed by atoms with Gasteiger partial charge in [-0.05, 0) is 23.3 Å². The maximum Gasteiger partial charge on any atom is 1.00 e. The van der Waals surface area contributed by atoms with Crippen LogP contribution < -0.4 is 34.7 Å². The van der Waals surface area contributed by atoms with Crippen LogP contribution in [0.5, 0.6) is 0 Å². The summed E-state index contributed by atoms with van der Waals surface area (Å²) in [4.78, 5) is 10.9. The van der Waals surface area contributed by atoms with Gasteiger partial charge < -0.3 is 9.90 Å². The van der Waals surface area contributed by atoms with E-state index >= 15 is 0 Å². The molecule has 0 amide bonds. The van der Waals surface area contributed by atoms with Crippen molar-refractivity contribution >= 4 is 16.7 Å². The molecule has 0 aromatic heterocycles. The van der Waals surface area contributed by atoms with E-state index in [1.165, 1.54) is 0 Å². The third kappa shape index (κ3) is 2.23. The molecule has 0 N–H and O–H groups in total. The number of carbonyl (C=O) groups excluding carboxylic acids is 1. The van der Waals surface area contributed by atoms with Crippen molar-refractivity contribution in [3.05, 3.63) is 47.5 Å². The second-order valence-corrected chi connectivity index (χ2v) is 3.27. The van der Waals surface area contributed by atoms with Crippen LogP contribution in [0.3, 0.4) is 0 Å². The van der Waals surface area contributed by atoms with E-state index in [0.29, 0.717) is 5.56 Å². The summed E-state index contributed by atoms with van der Waals surface area (Å²) in [6.07, 6.45) is 0. The second-order valence-electron chi connectivity index (χ2n) is 3.27. The van der Waals surface area contributed by atoms with Crippen molar-refractivity contribution in [3.8, 4) is 0 Å². The molecule has 2 aromatic rings. The Kier molecular flexibility index (Phi) is 3.91. The molecule has 0 atom stereocenters. The van der Waals surface area contributed by atoms with Gasteiger partial charge in [-0.3, -0.25) is 0 Å². The molecule has 0 fully saturated rings. The molecule has 0 aliphatic heterocycles. The van der Waals surface area contributed by atoms with Crippen molar-refractivity contribution in [3.63, 3.8) is 0 Å². The normalized spacial score (nSPS) is 9.67. The molecule has 0 unspecified atom stereocenters. The maximum absolute atomic E-state index is 10.9. The summed E-state index contributed by atoms with van der Waals surface area (Å²) in [6.45, 7) is 1.78. The van der Waals surface area contributed by atoms with Gasteiger partial charge in [-0.2, -0.15) is 0 Å². The molecule has 0 spiro atoms. The number of aromatic carboxylic acids is 1. The summed E-state index contributed by atoms with van der Waals surface area (Å²) in [6, 6.07) is 11.1. The van der Waals surface area contributed by atoms with Crippen molar-refractivity contribution in [2.24, 2.45) is 0 Å². The molecule has 0 saturated carbocycles. The van der Waals surface area contributed by atoms with Crippen LogP contribution in [0.4, 0.5) is 0 Å². The van der Waals surface area contributed by atoms with E-state index < -0.39 is 5.97 Å². The predicted octanol–water partition coefficient (Wildman–Crippen LogP) is -1.48. The molecule has 0 aliphatic carbocycles. The molecule has 2 rings (SSSR count). The van der Waals surface area contributed by atoms with Crippen LogP contribution in [-0.2, 0) is 0 Å². The monoisotopic (exact) mass is 208 g/mol. The third-order valence-electron chi connectivity index (χ3n) is 2.34. The Bertz CT molecular complexity index is 506. The van der Waals surface area contributed by atoms with Gasteiger partial charge in [-0.15, -0.1) is 0 Å². The molecule has 0 saturated heterocycles. The second kappa shape index (κ2) is 4.79. The average Bonchev–Trinajstić information content (AvgIpc) is 2.17. The minimum absolute atomic E-state index is 0. The first-order valence-corrected chi connectivity index (χ1v) is 4.40. The van der Waals surface area contributed by atoms with E-state index in [-0.39, 0.29) is 29.6 Å². The molecule has 70 valence electrons. The topological polar surface area (TPSA) is 40.1 Å². The minimum Gasteiger partial charge on any atom is -0.545 e. The van der Waals surface area contributed by atoms with Gasteiger partial charge in [-0.1, -0.05) is 36.4 Å². The molecule has 0 heterocycles. The van der Waals surface area contributed by atoms with E-state index in [1.807, 2.05) is 24.3 Å². The fraction of sp³-hybridized carbons (Fsp3) is 0.0833. The number of benzene rings is 2. The zero-order valence-corrected chi connectivity index (χ0v) is 10.8. The summed E-state index contributed by atoms with van der Waals surface area (Å²) in [5, 5.41) is 12.6. The SMILES string of the molecule is Cc1ccc2ccccc2c1C(=O)[O-].[Na+]. The number of hydrogen-bond acceptors (Lipinski definition) is 2. The molecule has 0 bridgehead atoms. The van der Waals surface area contributed by atoms with Crippen LogP contribution in [0.15, 0.2) is 36.4 Å². The van der Waals surface area contributed by atoms with E-state index in [4.69, 9.17) is 0 Å². The quantitative estimate of drug-likeness (QED) is 0.536. The largest absolute Gasteiger partial charge is 1.00 e. The first kappa shape index (κ1) is 12.2. The van der Waals surface area contributed by atoms with Gasteiger partial charge in [0.25, 0.3) is 0 Å². The standard InChI is InChI=1S/C12H10O2.Na/c1-8-6-7-9-4-2-3-5-10(9)11(8)12(13)14;/h2-7H,1H3,(H,13,14);/q;+1/p-1. The van der Waals surface area contributed by atoms with E-state index in [9.17, 15) is 9.90 Å². The van der Waals surface area contributed by atoms with Crippen molar-refractivity contribution in [2.75, 3.05) is 0 Å². The number of aryl methyl sites for hydroxylation is 1. The minimum atomic E-state index is -1.11. The van der Waals surface area contributed by atoms with E-state index in [1.54, 1.807) is 19.1 Å². The number of carboxylic acid groups (broad SMARTS) is 1. The fourth-order valence-corrected chi connectivity index (χ4v) is 1.65. The molecule has 0 aliphatic rings. The van der Waals surface area contributed by atoms with Crippen molar-refractivity contribution in [1.29, 1.82) is 0 Å². The van der Waals surface area contributed by atoms with Gasteiger partial charge in [0.05, 0.1) is 5.97 Å². The van der Waals surface area contributed by atoms with E-state index in [2.05, 4.69) is 0 Å². The Morgan fingerprint density at radius 3 is 2.47 bits per heavy atom. The van der Waals surface area contributed by atoms with Gasteiger partial charge >= 0.3 is 29.6 Å². The summed E-state index contributed by atoms with van der Waals surface area (Å²) < 4.78 is 0. The molecular weight excluding hydrogens is 199 g/mol. The van der Waals surface area contributed by atoms with Crippen LogP contribution in [0, 0.1) is 6.92 Å². The third-order valence-corrected chi connectivity index (χ3v) is 2.34. The zero-order valence-electron chi connectivity index (χ0n) is 8.78. The average molecular weight is 208 g/mol. The van der Waals surface area contributed by atoms with Gasteiger partial charge in [0, 0.05) is 5.56 Å². The number of fused-ring (bicyclic) bond motifs is 1. The number of carboxylic acids is 1. The Labute approximate surface area is 110 Å². The van der Waals surface area contributed by atoms with Crippen LogP contribution in [-0.4, -0.2) is 5.97 Å². The number of hydrogen-bond donors (Lipinski definition) is 0.